The first kappa shape index (κ1) is 29.1. The summed E-state index contributed by atoms with van der Waals surface area (Å²) in [4.78, 5) is 13.9. The Bertz CT molecular complexity index is 1740. The molecule has 4 atom stereocenters. The largest absolute Gasteiger partial charge is 0.474 e. The zero-order valence-corrected chi connectivity index (χ0v) is 25.9. The van der Waals surface area contributed by atoms with Crippen LogP contribution in [0.1, 0.15) is 42.2 Å². The van der Waals surface area contributed by atoms with E-state index in [-0.39, 0.29) is 24.4 Å². The molecule has 7 rings (SSSR count). The molecule has 2 aliphatic heterocycles. The van der Waals surface area contributed by atoms with E-state index in [2.05, 4.69) is 48.2 Å². The van der Waals surface area contributed by atoms with E-state index in [0.29, 0.717) is 29.7 Å². The van der Waals surface area contributed by atoms with Crippen molar-refractivity contribution in [3.05, 3.63) is 94.8 Å². The number of aryl methyl sites for hydroxylation is 1. The van der Waals surface area contributed by atoms with Gasteiger partial charge in [-0.15, -0.1) is 11.6 Å². The van der Waals surface area contributed by atoms with E-state index in [9.17, 15) is 0 Å². The lowest BCUT2D eigenvalue weighted by Gasteiger charge is -2.44. The summed E-state index contributed by atoms with van der Waals surface area (Å²) in [6.07, 6.45) is 5.43. The summed E-state index contributed by atoms with van der Waals surface area (Å²) in [7, 11) is 0. The summed E-state index contributed by atoms with van der Waals surface area (Å²) >= 11 is 12.3. The van der Waals surface area contributed by atoms with E-state index in [1.807, 2.05) is 49.4 Å². The van der Waals surface area contributed by atoms with Gasteiger partial charge >= 0.3 is 0 Å². The van der Waals surface area contributed by atoms with Crippen LogP contribution in [0.15, 0.2) is 66.9 Å². The SMILES string of the molecule is Cc1ccc(-c2ccc3c(c2)nc(CCl)n3C[C@@H]2CC(C3CC(Oc4ccnc(Cc5ccc(Cl)cc5)n4)CCN3)O2)nn1. The second-order valence-electron chi connectivity index (χ2n) is 11.5. The van der Waals surface area contributed by atoms with E-state index in [1.165, 1.54) is 0 Å². The van der Waals surface area contributed by atoms with Crippen molar-refractivity contribution in [3.8, 4) is 17.1 Å². The fraction of sp³-hybridized carbons (Fsp3) is 0.364. The minimum atomic E-state index is 0.0649. The average Bonchev–Trinajstić information content (AvgIpc) is 3.37. The van der Waals surface area contributed by atoms with Gasteiger partial charge in [0, 0.05) is 48.2 Å². The van der Waals surface area contributed by atoms with Gasteiger partial charge in [-0.2, -0.15) is 15.2 Å². The zero-order chi connectivity index (χ0) is 30.0. The number of piperidine rings is 1. The number of aromatic nitrogens is 6. The van der Waals surface area contributed by atoms with Crippen molar-refractivity contribution < 1.29 is 9.47 Å². The minimum absolute atomic E-state index is 0.0649. The van der Waals surface area contributed by atoms with E-state index in [0.717, 1.165) is 71.0 Å². The number of halogens is 2. The number of ether oxygens (including phenoxy) is 2. The first-order valence-electron chi connectivity index (χ1n) is 15.0. The normalized spacial score (nSPS) is 21.7. The van der Waals surface area contributed by atoms with Crippen molar-refractivity contribution in [1.29, 1.82) is 0 Å². The highest BCUT2D eigenvalue weighted by atomic mass is 35.5. The predicted octanol–water partition coefficient (Wildman–Crippen LogP) is 5.93. The number of fused-ring (bicyclic) bond motifs is 1. The number of benzene rings is 2. The number of imidazole rings is 1. The van der Waals surface area contributed by atoms with Crippen LogP contribution in [0.5, 0.6) is 5.88 Å². The van der Waals surface area contributed by atoms with Crippen LogP contribution < -0.4 is 10.1 Å². The van der Waals surface area contributed by atoms with Gasteiger partial charge in [0.25, 0.3) is 0 Å². The summed E-state index contributed by atoms with van der Waals surface area (Å²) in [6.45, 7) is 3.51. The number of rotatable bonds is 9. The van der Waals surface area contributed by atoms with E-state index >= 15 is 0 Å². The number of hydrogen-bond donors (Lipinski definition) is 1. The van der Waals surface area contributed by atoms with Gasteiger partial charge in [-0.25, -0.2) is 9.97 Å². The maximum Gasteiger partial charge on any atom is 0.216 e. The minimum Gasteiger partial charge on any atom is -0.474 e. The molecule has 3 unspecified atom stereocenters. The molecule has 0 radical (unpaired) electrons. The highest BCUT2D eigenvalue weighted by Crippen LogP contribution is 2.32. The van der Waals surface area contributed by atoms with Gasteiger partial charge in [-0.05, 0) is 61.9 Å². The maximum atomic E-state index is 6.43. The second-order valence-corrected chi connectivity index (χ2v) is 12.2. The van der Waals surface area contributed by atoms with Crippen LogP contribution in [0.4, 0.5) is 0 Å². The predicted molar refractivity (Wildman–Crippen MR) is 170 cm³/mol. The van der Waals surface area contributed by atoms with Gasteiger partial charge in [0.05, 0.1) is 47.1 Å². The van der Waals surface area contributed by atoms with Crippen LogP contribution in [0.25, 0.3) is 22.3 Å². The van der Waals surface area contributed by atoms with Crippen LogP contribution in [0.3, 0.4) is 0 Å². The molecule has 226 valence electrons. The van der Waals surface area contributed by atoms with Gasteiger partial charge in [-0.1, -0.05) is 29.8 Å². The van der Waals surface area contributed by atoms with E-state index in [4.69, 9.17) is 37.7 Å². The Morgan fingerprint density at radius 3 is 2.68 bits per heavy atom. The van der Waals surface area contributed by atoms with Crippen LogP contribution in [0, 0.1) is 6.92 Å². The topological polar surface area (TPSA) is 99.9 Å². The molecule has 0 bridgehead atoms. The lowest BCUT2D eigenvalue weighted by atomic mass is 9.90. The van der Waals surface area contributed by atoms with Gasteiger partial charge in [0.15, 0.2) is 0 Å². The Morgan fingerprint density at radius 2 is 1.89 bits per heavy atom. The fourth-order valence-corrected chi connectivity index (χ4v) is 6.39. The van der Waals surface area contributed by atoms with Crippen molar-refractivity contribution in [2.75, 3.05) is 6.54 Å². The second kappa shape index (κ2) is 12.8. The van der Waals surface area contributed by atoms with Crippen molar-refractivity contribution in [3.63, 3.8) is 0 Å². The summed E-state index contributed by atoms with van der Waals surface area (Å²) in [6, 6.07) is 20.0. The summed E-state index contributed by atoms with van der Waals surface area (Å²) in [5.74, 6) is 2.51. The number of nitrogens with zero attached hydrogens (tertiary/aromatic N) is 6. The first-order valence-corrected chi connectivity index (χ1v) is 15.9. The van der Waals surface area contributed by atoms with Gasteiger partial charge < -0.3 is 19.4 Å². The van der Waals surface area contributed by atoms with E-state index in [1.54, 1.807) is 6.20 Å². The Kier molecular flexibility index (Phi) is 8.45. The van der Waals surface area contributed by atoms with Crippen LogP contribution in [-0.4, -0.2) is 60.6 Å². The molecule has 5 heterocycles. The van der Waals surface area contributed by atoms with Crippen LogP contribution in [-0.2, 0) is 23.6 Å². The first-order chi connectivity index (χ1) is 21.5. The standard InChI is InChI=1S/C33H33Cl2N7O2/c1-20-2-8-26(41-40-20)22-5-9-29-27(15-22)38-32(18-34)42(29)19-25-17-30(43-25)28-16-24(10-12-36-28)44-33-11-13-37-31(39-33)14-21-3-6-23(35)7-4-21/h2-9,11,13,15,24-25,28,30,36H,10,12,14,16-19H2,1H3/t24?,25-,28?,30?/m0/s1. The third kappa shape index (κ3) is 6.42. The molecule has 1 N–H and O–H groups in total. The summed E-state index contributed by atoms with van der Waals surface area (Å²) < 4.78 is 15.0. The smallest absolute Gasteiger partial charge is 0.216 e. The third-order valence-electron chi connectivity index (χ3n) is 8.37. The van der Waals surface area contributed by atoms with Crippen molar-refractivity contribution >= 4 is 34.2 Å². The molecule has 0 spiro atoms. The lowest BCUT2D eigenvalue weighted by Crippen LogP contribution is -2.56. The Balaban J connectivity index is 0.955. The molecule has 0 amide bonds. The van der Waals surface area contributed by atoms with Gasteiger partial charge in [-0.3, -0.25) is 0 Å². The highest BCUT2D eigenvalue weighted by molar-refractivity contribution is 6.30. The van der Waals surface area contributed by atoms with Gasteiger partial charge in [0.1, 0.15) is 17.8 Å². The molecule has 2 fully saturated rings. The van der Waals surface area contributed by atoms with Crippen LogP contribution in [0.2, 0.25) is 5.02 Å². The van der Waals surface area contributed by atoms with Crippen LogP contribution >= 0.6 is 23.2 Å². The molecule has 0 saturated carbocycles. The monoisotopic (exact) mass is 629 g/mol. The third-order valence-corrected chi connectivity index (χ3v) is 8.86. The van der Waals surface area contributed by atoms with Gasteiger partial charge in [0.2, 0.25) is 5.88 Å². The highest BCUT2D eigenvalue weighted by Gasteiger charge is 2.39. The molecule has 5 aromatic rings. The fourth-order valence-electron chi connectivity index (χ4n) is 6.06. The molecular formula is C33H33Cl2N7O2. The molecule has 11 heteroatoms. The van der Waals surface area contributed by atoms with Crippen molar-refractivity contribution in [2.24, 2.45) is 0 Å². The molecule has 2 saturated heterocycles. The molecule has 9 nitrogen and oxygen atoms in total. The molecular weight excluding hydrogens is 597 g/mol. The maximum absolute atomic E-state index is 6.43. The summed E-state index contributed by atoms with van der Waals surface area (Å²) in [5.41, 5.74) is 5.74. The molecule has 3 aromatic heterocycles. The quantitative estimate of drug-likeness (QED) is 0.200. The zero-order valence-electron chi connectivity index (χ0n) is 24.4. The molecule has 0 aliphatic carbocycles. The molecule has 2 aromatic carbocycles. The van der Waals surface area contributed by atoms with Crippen molar-refractivity contribution in [1.82, 2.24) is 35.0 Å². The number of alkyl halides is 1. The lowest BCUT2D eigenvalue weighted by molar-refractivity contribution is -0.151. The van der Waals surface area contributed by atoms with Crippen molar-refractivity contribution in [2.45, 2.75) is 69.4 Å². The molecule has 44 heavy (non-hydrogen) atoms. The van der Waals surface area contributed by atoms with E-state index < -0.39 is 0 Å². The Morgan fingerprint density at radius 1 is 1.02 bits per heavy atom. The number of nitrogens with one attached hydrogen (secondary N) is 1. The summed E-state index contributed by atoms with van der Waals surface area (Å²) in [5, 5.41) is 12.9. The Labute approximate surface area is 266 Å². The molecule has 2 aliphatic rings. The Hall–Kier alpha value is -3.63. The number of hydrogen-bond acceptors (Lipinski definition) is 8. The average molecular weight is 631 g/mol.